The Labute approximate surface area is 126 Å². The summed E-state index contributed by atoms with van der Waals surface area (Å²) in [7, 11) is -2.02. The highest BCUT2D eigenvalue weighted by Gasteiger charge is 2.42. The molecule has 1 aromatic heterocycles. The molecule has 1 aliphatic carbocycles. The van der Waals surface area contributed by atoms with Crippen LogP contribution in [0.15, 0.2) is 9.63 Å². The van der Waals surface area contributed by atoms with Crippen LogP contribution in [0, 0.1) is 0 Å². The Hall–Kier alpha value is -0.510. The SMILES string of the molecule is Cn1nnc(Br)c1S(=O)(=O)N1CCOC2CCCCC21. The van der Waals surface area contributed by atoms with E-state index in [0.717, 1.165) is 25.7 Å². The first-order chi connectivity index (χ1) is 9.51. The minimum absolute atomic E-state index is 0.0206. The van der Waals surface area contributed by atoms with E-state index in [1.165, 1.54) is 4.68 Å². The third-order valence-electron chi connectivity index (χ3n) is 3.97. The number of ether oxygens (including phenoxy) is 1. The molecule has 2 unspecified atom stereocenters. The van der Waals surface area contributed by atoms with Gasteiger partial charge in [0, 0.05) is 13.6 Å². The van der Waals surface area contributed by atoms with Gasteiger partial charge in [-0.3, -0.25) is 0 Å². The third kappa shape index (κ3) is 2.30. The van der Waals surface area contributed by atoms with Gasteiger partial charge in [0.15, 0.2) is 4.60 Å². The summed E-state index contributed by atoms with van der Waals surface area (Å²) in [5.74, 6) is 0. The molecule has 0 spiro atoms. The minimum atomic E-state index is -3.61. The van der Waals surface area contributed by atoms with E-state index in [1.807, 2.05) is 0 Å². The van der Waals surface area contributed by atoms with Crippen LogP contribution < -0.4 is 0 Å². The van der Waals surface area contributed by atoms with Gasteiger partial charge in [-0.2, -0.15) is 4.31 Å². The molecule has 2 fully saturated rings. The van der Waals surface area contributed by atoms with E-state index in [-0.39, 0.29) is 21.8 Å². The minimum Gasteiger partial charge on any atom is -0.375 e. The summed E-state index contributed by atoms with van der Waals surface area (Å²) < 4.78 is 34.6. The number of aryl methyl sites for hydroxylation is 1. The molecule has 9 heteroatoms. The van der Waals surface area contributed by atoms with Crippen LogP contribution in [0.5, 0.6) is 0 Å². The predicted molar refractivity (Wildman–Crippen MR) is 74.6 cm³/mol. The number of hydrogen-bond acceptors (Lipinski definition) is 5. The van der Waals surface area contributed by atoms with Crippen molar-refractivity contribution in [3.63, 3.8) is 0 Å². The summed E-state index contributed by atoms with van der Waals surface area (Å²) >= 11 is 3.18. The molecular weight excluding hydrogens is 348 g/mol. The van der Waals surface area contributed by atoms with E-state index < -0.39 is 10.0 Å². The van der Waals surface area contributed by atoms with Crippen molar-refractivity contribution >= 4 is 26.0 Å². The summed E-state index contributed by atoms with van der Waals surface area (Å²) in [5, 5.41) is 7.65. The normalized spacial score (nSPS) is 28.3. The van der Waals surface area contributed by atoms with Crippen LogP contribution >= 0.6 is 15.9 Å². The first kappa shape index (κ1) is 14.4. The molecule has 0 amide bonds. The Morgan fingerprint density at radius 3 is 2.80 bits per heavy atom. The number of nitrogens with zero attached hydrogens (tertiary/aromatic N) is 4. The summed E-state index contributed by atoms with van der Waals surface area (Å²) in [6, 6.07) is -0.0655. The Morgan fingerprint density at radius 2 is 2.10 bits per heavy atom. The van der Waals surface area contributed by atoms with Crippen molar-refractivity contribution in [2.24, 2.45) is 7.05 Å². The second-order valence-corrected chi connectivity index (χ2v) is 7.74. The molecule has 0 bridgehead atoms. The van der Waals surface area contributed by atoms with Gasteiger partial charge >= 0.3 is 0 Å². The van der Waals surface area contributed by atoms with Crippen molar-refractivity contribution in [2.75, 3.05) is 13.2 Å². The first-order valence-corrected chi connectivity index (χ1v) is 8.94. The molecule has 2 heterocycles. The van der Waals surface area contributed by atoms with E-state index in [4.69, 9.17) is 4.74 Å². The molecule has 112 valence electrons. The molecule has 2 aliphatic rings. The average molecular weight is 365 g/mol. The Bertz CT molecular complexity index is 581. The van der Waals surface area contributed by atoms with Gasteiger partial charge in [0.2, 0.25) is 5.03 Å². The number of aromatic nitrogens is 3. The maximum atomic E-state index is 12.9. The lowest BCUT2D eigenvalue weighted by atomic mass is 9.91. The highest BCUT2D eigenvalue weighted by atomic mass is 79.9. The van der Waals surface area contributed by atoms with Crippen molar-refractivity contribution in [1.82, 2.24) is 19.3 Å². The fourth-order valence-electron chi connectivity index (χ4n) is 3.07. The van der Waals surface area contributed by atoms with E-state index in [0.29, 0.717) is 13.2 Å². The van der Waals surface area contributed by atoms with Gasteiger partial charge in [-0.1, -0.05) is 18.1 Å². The van der Waals surface area contributed by atoms with Gasteiger partial charge in [0.05, 0.1) is 18.8 Å². The Kier molecular flexibility index (Phi) is 3.87. The van der Waals surface area contributed by atoms with Crippen molar-refractivity contribution < 1.29 is 13.2 Å². The third-order valence-corrected chi connectivity index (χ3v) is 6.79. The molecule has 7 nitrogen and oxygen atoms in total. The zero-order valence-corrected chi connectivity index (χ0v) is 13.6. The fourth-order valence-corrected chi connectivity index (χ4v) is 5.77. The molecular formula is C11H17BrN4O3S. The molecule has 1 aromatic rings. The van der Waals surface area contributed by atoms with Gasteiger partial charge in [-0.05, 0) is 28.8 Å². The van der Waals surface area contributed by atoms with Crippen LogP contribution in [0.3, 0.4) is 0 Å². The zero-order valence-electron chi connectivity index (χ0n) is 11.2. The number of halogens is 1. The van der Waals surface area contributed by atoms with Crippen LogP contribution in [0.25, 0.3) is 0 Å². The second-order valence-electron chi connectivity index (χ2n) is 5.19. The molecule has 0 aromatic carbocycles. The molecule has 1 saturated heterocycles. The maximum Gasteiger partial charge on any atom is 0.263 e. The largest absolute Gasteiger partial charge is 0.375 e. The van der Waals surface area contributed by atoms with Crippen LogP contribution in [-0.2, 0) is 21.8 Å². The number of morpholine rings is 1. The number of sulfonamides is 1. The second kappa shape index (κ2) is 5.36. The molecule has 2 atom stereocenters. The molecule has 0 radical (unpaired) electrons. The highest BCUT2D eigenvalue weighted by molar-refractivity contribution is 9.10. The number of hydrogen-bond donors (Lipinski definition) is 0. The van der Waals surface area contributed by atoms with E-state index in [1.54, 1.807) is 11.4 Å². The summed E-state index contributed by atoms with van der Waals surface area (Å²) in [6.45, 7) is 0.838. The average Bonchev–Trinajstić information content (AvgIpc) is 2.78. The molecule has 3 rings (SSSR count). The van der Waals surface area contributed by atoms with Gasteiger partial charge in [0.1, 0.15) is 0 Å². The van der Waals surface area contributed by atoms with Crippen molar-refractivity contribution in [3.8, 4) is 0 Å². The molecule has 20 heavy (non-hydrogen) atoms. The number of fused-ring (bicyclic) bond motifs is 1. The lowest BCUT2D eigenvalue weighted by Crippen LogP contribution is -2.54. The van der Waals surface area contributed by atoms with Crippen LogP contribution in [0.1, 0.15) is 25.7 Å². The molecule has 1 saturated carbocycles. The fraction of sp³-hybridized carbons (Fsp3) is 0.818. The van der Waals surface area contributed by atoms with Crippen molar-refractivity contribution in [2.45, 2.75) is 42.9 Å². The van der Waals surface area contributed by atoms with Crippen LogP contribution in [0.4, 0.5) is 0 Å². The summed E-state index contributed by atoms with van der Waals surface area (Å²) in [4.78, 5) is 0. The van der Waals surface area contributed by atoms with Gasteiger partial charge in [-0.25, -0.2) is 13.1 Å². The zero-order chi connectivity index (χ0) is 14.3. The lowest BCUT2D eigenvalue weighted by Gasteiger charge is -2.42. The maximum absolute atomic E-state index is 12.9. The Balaban J connectivity index is 1.98. The van der Waals surface area contributed by atoms with Crippen molar-refractivity contribution in [1.29, 1.82) is 0 Å². The number of rotatable bonds is 2. The van der Waals surface area contributed by atoms with Crippen LogP contribution in [0.2, 0.25) is 0 Å². The molecule has 0 N–H and O–H groups in total. The Morgan fingerprint density at radius 1 is 1.35 bits per heavy atom. The monoisotopic (exact) mass is 364 g/mol. The lowest BCUT2D eigenvalue weighted by molar-refractivity contribution is -0.0587. The smallest absolute Gasteiger partial charge is 0.263 e. The highest BCUT2D eigenvalue weighted by Crippen LogP contribution is 2.33. The van der Waals surface area contributed by atoms with Crippen LogP contribution in [-0.4, -0.2) is 53.0 Å². The standard InChI is InChI=1S/C11H17BrN4O3S/c1-15-11(10(12)13-14-15)20(17,18)16-6-7-19-9-5-3-2-4-8(9)16/h8-9H,2-7H2,1H3. The predicted octanol–water partition coefficient (Wildman–Crippen LogP) is 0.910. The van der Waals surface area contributed by atoms with Gasteiger partial charge < -0.3 is 4.74 Å². The van der Waals surface area contributed by atoms with Gasteiger partial charge in [0.25, 0.3) is 10.0 Å². The van der Waals surface area contributed by atoms with E-state index in [2.05, 4.69) is 26.2 Å². The summed E-state index contributed by atoms with van der Waals surface area (Å²) in [5.41, 5.74) is 0. The van der Waals surface area contributed by atoms with E-state index >= 15 is 0 Å². The van der Waals surface area contributed by atoms with E-state index in [9.17, 15) is 8.42 Å². The van der Waals surface area contributed by atoms with Crippen molar-refractivity contribution in [3.05, 3.63) is 4.60 Å². The topological polar surface area (TPSA) is 77.3 Å². The summed E-state index contributed by atoms with van der Waals surface area (Å²) in [6.07, 6.45) is 3.95. The quantitative estimate of drug-likeness (QED) is 0.779. The van der Waals surface area contributed by atoms with Gasteiger partial charge in [-0.15, -0.1) is 5.10 Å². The first-order valence-electron chi connectivity index (χ1n) is 6.70. The molecule has 1 aliphatic heterocycles.